The number of aryl methyl sites for hydroxylation is 1. The van der Waals surface area contributed by atoms with Crippen molar-refractivity contribution in [1.29, 1.82) is 5.26 Å². The number of nitrogens with one attached hydrogen (secondary N) is 1. The van der Waals surface area contributed by atoms with Gasteiger partial charge in [-0.2, -0.15) is 5.26 Å². The largest absolute Gasteiger partial charge is 0.495 e. The van der Waals surface area contributed by atoms with E-state index in [1.165, 1.54) is 18.4 Å². The number of carbonyl (C=O) groups is 1. The predicted octanol–water partition coefficient (Wildman–Crippen LogP) is 4.77. The average molecular weight is 443 g/mol. The minimum absolute atomic E-state index is 0.0230. The Morgan fingerprint density at radius 3 is 2.60 bits per heavy atom. The summed E-state index contributed by atoms with van der Waals surface area (Å²) in [5.41, 5.74) is 3.14. The number of amides is 1. The molecule has 1 N–H and O–H groups in total. The summed E-state index contributed by atoms with van der Waals surface area (Å²) in [6.45, 7) is 3.81. The Hall–Kier alpha value is -3.28. The highest BCUT2D eigenvalue weighted by molar-refractivity contribution is 7.13. The van der Waals surface area contributed by atoms with Crippen molar-refractivity contribution in [2.45, 2.75) is 13.8 Å². The summed E-state index contributed by atoms with van der Waals surface area (Å²) >= 11 is 7.61. The molecule has 0 spiro atoms. The Balaban J connectivity index is 2.04. The van der Waals surface area contributed by atoms with Crippen LogP contribution in [0.15, 0.2) is 35.3 Å². The number of carbonyl (C=O) groups excluding carboxylic acids is 1. The summed E-state index contributed by atoms with van der Waals surface area (Å²) in [5.74, 6) is 0.573. The zero-order chi connectivity index (χ0) is 21.8. The number of benzene rings is 1. The number of halogens is 1. The summed E-state index contributed by atoms with van der Waals surface area (Å²) in [7, 11) is 3.10. The van der Waals surface area contributed by atoms with Crippen molar-refractivity contribution in [3.63, 3.8) is 0 Å². The van der Waals surface area contributed by atoms with E-state index in [9.17, 15) is 10.1 Å². The standard InChI is InChI=1S/C21H19ClN4O3S/c1-12-7-14(8-15(11-23)20(27)25-21-24-5-6-30-21)13(2)26(12)17-9-16(22)18(28-3)10-19(17)29-4/h5-10H,1-4H3,(H,24,25,27). The van der Waals surface area contributed by atoms with E-state index in [1.54, 1.807) is 36.9 Å². The molecule has 30 heavy (non-hydrogen) atoms. The molecule has 0 unspecified atom stereocenters. The van der Waals surface area contributed by atoms with E-state index in [0.717, 1.165) is 22.6 Å². The molecule has 1 amide bonds. The van der Waals surface area contributed by atoms with Gasteiger partial charge < -0.3 is 14.0 Å². The van der Waals surface area contributed by atoms with Gasteiger partial charge >= 0.3 is 0 Å². The number of anilines is 1. The highest BCUT2D eigenvalue weighted by atomic mass is 35.5. The van der Waals surface area contributed by atoms with E-state index in [4.69, 9.17) is 21.1 Å². The molecule has 2 heterocycles. The molecule has 9 heteroatoms. The molecule has 154 valence electrons. The van der Waals surface area contributed by atoms with E-state index in [-0.39, 0.29) is 5.57 Å². The lowest BCUT2D eigenvalue weighted by Crippen LogP contribution is -2.13. The lowest BCUT2D eigenvalue weighted by atomic mass is 10.1. The van der Waals surface area contributed by atoms with Crippen LogP contribution < -0.4 is 14.8 Å². The molecule has 0 atom stereocenters. The predicted molar refractivity (Wildman–Crippen MR) is 118 cm³/mol. The van der Waals surface area contributed by atoms with Crippen molar-refractivity contribution in [2.24, 2.45) is 0 Å². The van der Waals surface area contributed by atoms with Crippen LogP contribution in [-0.2, 0) is 4.79 Å². The van der Waals surface area contributed by atoms with Crippen molar-refractivity contribution in [2.75, 3.05) is 19.5 Å². The molecule has 0 aliphatic rings. The average Bonchev–Trinajstić information content (AvgIpc) is 3.33. The highest BCUT2D eigenvalue weighted by Crippen LogP contribution is 2.37. The smallest absolute Gasteiger partial charge is 0.268 e. The molecule has 1 aromatic carbocycles. The number of nitriles is 1. The summed E-state index contributed by atoms with van der Waals surface area (Å²) in [6, 6.07) is 7.32. The first-order chi connectivity index (χ1) is 14.4. The molecule has 3 aromatic rings. The van der Waals surface area contributed by atoms with Crippen molar-refractivity contribution in [3.8, 4) is 23.3 Å². The number of methoxy groups -OCH3 is 2. The fourth-order valence-corrected chi connectivity index (χ4v) is 3.84. The third-order valence-corrected chi connectivity index (χ3v) is 5.47. The van der Waals surface area contributed by atoms with Gasteiger partial charge in [-0.1, -0.05) is 11.6 Å². The molecular weight excluding hydrogens is 424 g/mol. The van der Waals surface area contributed by atoms with Crippen LogP contribution in [0.25, 0.3) is 11.8 Å². The van der Waals surface area contributed by atoms with Crippen LogP contribution >= 0.6 is 22.9 Å². The maximum absolute atomic E-state index is 12.4. The Kier molecular flexibility index (Phi) is 6.45. The van der Waals surface area contributed by atoms with Crippen LogP contribution in [0.3, 0.4) is 0 Å². The number of rotatable bonds is 6. The maximum Gasteiger partial charge on any atom is 0.268 e. The van der Waals surface area contributed by atoms with E-state index in [0.29, 0.717) is 21.7 Å². The van der Waals surface area contributed by atoms with Crippen molar-refractivity contribution in [1.82, 2.24) is 9.55 Å². The van der Waals surface area contributed by atoms with Crippen molar-refractivity contribution in [3.05, 3.63) is 57.3 Å². The van der Waals surface area contributed by atoms with E-state index in [1.807, 2.05) is 30.6 Å². The molecule has 0 radical (unpaired) electrons. The van der Waals surface area contributed by atoms with Gasteiger partial charge in [0.05, 0.1) is 24.9 Å². The first kappa shape index (κ1) is 21.4. The second kappa shape index (κ2) is 9.03. The molecule has 0 saturated heterocycles. The number of nitrogens with zero attached hydrogens (tertiary/aromatic N) is 3. The van der Waals surface area contributed by atoms with Gasteiger partial charge in [-0.3, -0.25) is 10.1 Å². The molecule has 0 aliphatic heterocycles. The molecule has 0 bridgehead atoms. The van der Waals surface area contributed by atoms with Gasteiger partial charge in [-0.15, -0.1) is 11.3 Å². The van der Waals surface area contributed by atoms with Crippen LogP contribution in [0.1, 0.15) is 17.0 Å². The molecular formula is C21H19ClN4O3S. The monoisotopic (exact) mass is 442 g/mol. The van der Waals surface area contributed by atoms with E-state index in [2.05, 4.69) is 10.3 Å². The molecule has 0 saturated carbocycles. The second-order valence-corrected chi connectivity index (χ2v) is 7.58. The van der Waals surface area contributed by atoms with Crippen LogP contribution in [0, 0.1) is 25.2 Å². The van der Waals surface area contributed by atoms with Crippen LogP contribution in [-0.4, -0.2) is 29.7 Å². The number of hydrogen-bond donors (Lipinski definition) is 1. The summed E-state index contributed by atoms with van der Waals surface area (Å²) in [6.07, 6.45) is 3.14. The van der Waals surface area contributed by atoms with Gasteiger partial charge in [0.2, 0.25) is 0 Å². The first-order valence-electron chi connectivity index (χ1n) is 8.83. The summed E-state index contributed by atoms with van der Waals surface area (Å²) in [5, 5.41) is 14.7. The maximum atomic E-state index is 12.4. The van der Waals surface area contributed by atoms with Gasteiger partial charge in [0.25, 0.3) is 5.91 Å². The fourth-order valence-electron chi connectivity index (χ4n) is 3.08. The topological polar surface area (TPSA) is 89.2 Å². The van der Waals surface area contributed by atoms with Crippen LogP contribution in [0.4, 0.5) is 5.13 Å². The third kappa shape index (κ3) is 4.17. The Morgan fingerprint density at radius 1 is 1.27 bits per heavy atom. The van der Waals surface area contributed by atoms with Gasteiger partial charge in [-0.25, -0.2) is 4.98 Å². The van der Waals surface area contributed by atoms with E-state index < -0.39 is 5.91 Å². The zero-order valence-corrected chi connectivity index (χ0v) is 18.4. The minimum atomic E-state index is -0.512. The lowest BCUT2D eigenvalue weighted by Gasteiger charge is -2.16. The van der Waals surface area contributed by atoms with Crippen LogP contribution in [0.2, 0.25) is 5.02 Å². The van der Waals surface area contributed by atoms with Crippen molar-refractivity contribution < 1.29 is 14.3 Å². The zero-order valence-electron chi connectivity index (χ0n) is 16.8. The number of hydrogen-bond acceptors (Lipinski definition) is 6. The fraction of sp³-hybridized carbons (Fsp3) is 0.190. The van der Waals surface area contributed by atoms with Gasteiger partial charge in [0.1, 0.15) is 23.1 Å². The number of aromatic nitrogens is 2. The van der Waals surface area contributed by atoms with Gasteiger partial charge in [0, 0.05) is 29.0 Å². The van der Waals surface area contributed by atoms with Gasteiger partial charge in [-0.05, 0) is 37.6 Å². The summed E-state index contributed by atoms with van der Waals surface area (Å²) in [4.78, 5) is 16.4. The number of thiazole rings is 1. The minimum Gasteiger partial charge on any atom is -0.495 e. The van der Waals surface area contributed by atoms with Crippen LogP contribution in [0.5, 0.6) is 11.5 Å². The molecule has 0 aliphatic carbocycles. The first-order valence-corrected chi connectivity index (χ1v) is 10.1. The Labute approximate surface area is 183 Å². The van der Waals surface area contributed by atoms with Gasteiger partial charge in [0.15, 0.2) is 5.13 Å². The molecule has 7 nitrogen and oxygen atoms in total. The summed E-state index contributed by atoms with van der Waals surface area (Å²) < 4.78 is 12.7. The quantitative estimate of drug-likeness (QED) is 0.439. The normalized spacial score (nSPS) is 11.1. The Bertz CT molecular complexity index is 1160. The lowest BCUT2D eigenvalue weighted by molar-refractivity contribution is -0.112. The van der Waals surface area contributed by atoms with E-state index >= 15 is 0 Å². The molecule has 2 aromatic heterocycles. The highest BCUT2D eigenvalue weighted by Gasteiger charge is 2.18. The number of ether oxygens (including phenoxy) is 2. The second-order valence-electron chi connectivity index (χ2n) is 6.28. The molecule has 0 fully saturated rings. The Morgan fingerprint density at radius 2 is 2.00 bits per heavy atom. The SMILES string of the molecule is COc1cc(OC)c(-n2c(C)cc(C=C(C#N)C(=O)Nc3nccs3)c2C)cc1Cl. The van der Waals surface area contributed by atoms with Crippen molar-refractivity contribution >= 4 is 40.1 Å². The molecule has 3 rings (SSSR count). The third-order valence-electron chi connectivity index (χ3n) is 4.48.